The molecule has 1 saturated heterocycles. The predicted octanol–water partition coefficient (Wildman–Crippen LogP) is -1.79. The normalized spacial score (nSPS) is 30.2. The van der Waals surface area contributed by atoms with Gasteiger partial charge in [0, 0.05) is 0 Å². The van der Waals surface area contributed by atoms with Crippen LogP contribution in [0.2, 0.25) is 0 Å². The number of hydrogen-bond acceptors (Lipinski definition) is 7. The second kappa shape index (κ2) is 1.64. The summed E-state index contributed by atoms with van der Waals surface area (Å²) >= 11 is 0. The van der Waals surface area contributed by atoms with Crippen LogP contribution in [0.15, 0.2) is 15.4 Å². The Morgan fingerprint density at radius 1 is 1.44 bits per heavy atom. The molecule has 0 aromatic rings. The van der Waals surface area contributed by atoms with Gasteiger partial charge in [0.15, 0.2) is 12.0 Å². The molecule has 7 heteroatoms. The van der Waals surface area contributed by atoms with E-state index in [1.54, 1.807) is 0 Å². The molecule has 48 valence electrons. The summed E-state index contributed by atoms with van der Waals surface area (Å²) in [5.41, 5.74) is 10.5. The van der Waals surface area contributed by atoms with Gasteiger partial charge >= 0.3 is 0 Å². The molecular formula is C2H5N7. The maximum Gasteiger partial charge on any atom is 0.198 e. The van der Waals surface area contributed by atoms with E-state index in [2.05, 4.69) is 37.4 Å². The van der Waals surface area contributed by atoms with Crippen LogP contribution in [0.4, 0.5) is 0 Å². The van der Waals surface area contributed by atoms with Gasteiger partial charge in [-0.2, -0.15) is 11.1 Å². The Morgan fingerprint density at radius 2 is 2.44 bits per heavy atom. The quantitative estimate of drug-likeness (QED) is 0.309. The number of fused-ring (bicyclic) bond motifs is 1. The molecule has 9 heavy (non-hydrogen) atoms. The number of hydrogen-bond donors (Lipinski definition) is 4. The van der Waals surface area contributed by atoms with Crippen molar-refractivity contribution in [2.24, 2.45) is 15.4 Å². The van der Waals surface area contributed by atoms with Gasteiger partial charge in [0.05, 0.1) is 0 Å². The number of nitrogens with zero attached hydrogens (tertiary/aromatic N) is 3. The van der Waals surface area contributed by atoms with Crippen LogP contribution in [0.5, 0.6) is 0 Å². The third-order valence-electron chi connectivity index (χ3n) is 1.05. The van der Waals surface area contributed by atoms with Crippen molar-refractivity contribution in [3.63, 3.8) is 0 Å². The zero-order chi connectivity index (χ0) is 6.10. The molecule has 0 aromatic heterocycles. The maximum absolute atomic E-state index is 3.76. The first-order valence-electron chi connectivity index (χ1n) is 2.46. The predicted molar refractivity (Wildman–Crippen MR) is 28.6 cm³/mol. The lowest BCUT2D eigenvalue weighted by Gasteiger charge is -2.04. The first kappa shape index (κ1) is 4.65. The Morgan fingerprint density at radius 3 is 3.33 bits per heavy atom. The van der Waals surface area contributed by atoms with Crippen LogP contribution in [0.3, 0.4) is 0 Å². The average Bonchev–Trinajstić information content (AvgIpc) is 2.33. The molecule has 1 atom stereocenters. The van der Waals surface area contributed by atoms with Crippen LogP contribution < -0.4 is 21.9 Å². The summed E-state index contributed by atoms with van der Waals surface area (Å²) in [7, 11) is 0. The van der Waals surface area contributed by atoms with E-state index in [1.165, 1.54) is 0 Å². The fraction of sp³-hybridized carbons (Fsp3) is 0.500. The van der Waals surface area contributed by atoms with Gasteiger partial charge in [-0.3, -0.25) is 5.43 Å². The second-order valence-electron chi connectivity index (χ2n) is 1.61. The summed E-state index contributed by atoms with van der Waals surface area (Å²) in [6.45, 7) is 0. The standard InChI is InChI=1S/C2H5N7/c3-1-2(4-7-3)6-9-8-5-1/h1,3,7H,(H,5,9)(H,4,6,8). The molecule has 0 bridgehead atoms. The molecule has 1 unspecified atom stereocenters. The van der Waals surface area contributed by atoms with E-state index in [1.807, 2.05) is 0 Å². The maximum atomic E-state index is 3.76. The van der Waals surface area contributed by atoms with E-state index in [-0.39, 0.29) is 6.17 Å². The van der Waals surface area contributed by atoms with Crippen molar-refractivity contribution in [2.75, 3.05) is 0 Å². The topological polar surface area (TPSA) is 85.2 Å². The number of hydrazone groups is 1. The van der Waals surface area contributed by atoms with Gasteiger partial charge in [-0.25, -0.2) is 5.43 Å². The van der Waals surface area contributed by atoms with Gasteiger partial charge in [-0.1, -0.05) is 5.22 Å². The highest BCUT2D eigenvalue weighted by molar-refractivity contribution is 5.88. The highest BCUT2D eigenvalue weighted by Crippen LogP contribution is 1.95. The summed E-state index contributed by atoms with van der Waals surface area (Å²) in [4.78, 5) is 0. The van der Waals surface area contributed by atoms with Gasteiger partial charge in [0.25, 0.3) is 0 Å². The highest BCUT2D eigenvalue weighted by Gasteiger charge is 2.22. The fourth-order valence-electron chi connectivity index (χ4n) is 0.638. The molecule has 2 aliphatic heterocycles. The number of hydrazine groups is 2. The SMILES string of the molecule is N1=NC2NNNC2=NN1. The van der Waals surface area contributed by atoms with E-state index in [0.717, 1.165) is 0 Å². The largest absolute Gasteiger partial charge is 0.291 e. The first-order valence-corrected chi connectivity index (χ1v) is 2.46. The van der Waals surface area contributed by atoms with E-state index in [0.29, 0.717) is 5.84 Å². The van der Waals surface area contributed by atoms with E-state index in [4.69, 9.17) is 0 Å². The number of nitrogens with one attached hydrogen (secondary N) is 4. The molecule has 7 nitrogen and oxygen atoms in total. The second-order valence-corrected chi connectivity index (χ2v) is 1.61. The molecule has 0 aromatic carbocycles. The molecule has 2 heterocycles. The Kier molecular flexibility index (Phi) is 0.846. The lowest BCUT2D eigenvalue weighted by molar-refractivity contribution is 0.526. The van der Waals surface area contributed by atoms with E-state index >= 15 is 0 Å². The first-order chi connectivity index (χ1) is 4.47. The van der Waals surface area contributed by atoms with Crippen LogP contribution in [-0.4, -0.2) is 12.0 Å². The third kappa shape index (κ3) is 0.625. The molecule has 4 N–H and O–H groups in total. The van der Waals surface area contributed by atoms with Crippen molar-refractivity contribution >= 4 is 5.84 Å². The lowest BCUT2D eigenvalue weighted by Crippen LogP contribution is -2.32. The minimum Gasteiger partial charge on any atom is -0.291 e. The molecule has 0 radical (unpaired) electrons. The number of rotatable bonds is 0. The monoisotopic (exact) mass is 127 g/mol. The van der Waals surface area contributed by atoms with Crippen molar-refractivity contribution in [1.82, 2.24) is 21.9 Å². The van der Waals surface area contributed by atoms with Crippen molar-refractivity contribution < 1.29 is 0 Å². The van der Waals surface area contributed by atoms with Crippen molar-refractivity contribution in [3.8, 4) is 0 Å². The number of amidine groups is 1. The highest BCUT2D eigenvalue weighted by atomic mass is 15.7. The van der Waals surface area contributed by atoms with Crippen molar-refractivity contribution in [2.45, 2.75) is 6.17 Å². The average molecular weight is 127 g/mol. The van der Waals surface area contributed by atoms with Gasteiger partial charge in [0.1, 0.15) is 0 Å². The molecule has 0 amide bonds. The Hall–Kier alpha value is -1.21. The molecular weight excluding hydrogens is 122 g/mol. The van der Waals surface area contributed by atoms with Crippen molar-refractivity contribution in [1.29, 1.82) is 0 Å². The molecule has 0 aliphatic carbocycles. The molecule has 2 rings (SSSR count). The summed E-state index contributed by atoms with van der Waals surface area (Å²) in [5.74, 6) is 0.699. The van der Waals surface area contributed by atoms with Crippen LogP contribution in [0.25, 0.3) is 0 Å². The Bertz CT molecular complexity index is 170. The van der Waals surface area contributed by atoms with Crippen LogP contribution in [-0.2, 0) is 0 Å². The van der Waals surface area contributed by atoms with E-state index in [9.17, 15) is 0 Å². The fourth-order valence-corrected chi connectivity index (χ4v) is 0.638. The molecule has 1 fully saturated rings. The molecule has 0 saturated carbocycles. The Balaban J connectivity index is 2.22. The Labute approximate surface area is 50.5 Å². The minimum absolute atomic E-state index is 0.161. The van der Waals surface area contributed by atoms with Gasteiger partial charge < -0.3 is 0 Å². The molecule has 2 aliphatic rings. The van der Waals surface area contributed by atoms with Crippen LogP contribution >= 0.6 is 0 Å². The van der Waals surface area contributed by atoms with Crippen molar-refractivity contribution in [3.05, 3.63) is 0 Å². The van der Waals surface area contributed by atoms with Crippen LogP contribution in [0.1, 0.15) is 0 Å². The summed E-state index contributed by atoms with van der Waals surface area (Å²) in [5, 5.41) is 11.0. The van der Waals surface area contributed by atoms with Gasteiger partial charge in [-0.15, -0.1) is 10.2 Å². The smallest absolute Gasteiger partial charge is 0.198 e. The zero-order valence-corrected chi connectivity index (χ0v) is 4.42. The third-order valence-corrected chi connectivity index (χ3v) is 1.05. The summed E-state index contributed by atoms with van der Waals surface area (Å²) in [6.07, 6.45) is -0.161. The summed E-state index contributed by atoms with van der Waals surface area (Å²) in [6, 6.07) is 0. The zero-order valence-electron chi connectivity index (χ0n) is 4.42. The molecule has 0 spiro atoms. The van der Waals surface area contributed by atoms with Gasteiger partial charge in [-0.05, 0) is 0 Å². The van der Waals surface area contributed by atoms with Gasteiger partial charge in [0.2, 0.25) is 0 Å². The minimum atomic E-state index is -0.161. The lowest BCUT2D eigenvalue weighted by atomic mass is 10.5. The summed E-state index contributed by atoms with van der Waals surface area (Å²) < 4.78 is 0. The van der Waals surface area contributed by atoms with E-state index < -0.39 is 0 Å². The van der Waals surface area contributed by atoms with Crippen LogP contribution in [0, 0.1) is 0 Å².